The van der Waals surface area contributed by atoms with Crippen molar-refractivity contribution < 1.29 is 19.1 Å². The first-order valence-electron chi connectivity index (χ1n) is 6.23. The molecule has 2 N–H and O–H groups in total. The molecule has 0 bridgehead atoms. The fourth-order valence-electron chi connectivity index (χ4n) is 1.59. The van der Waals surface area contributed by atoms with E-state index in [1.54, 1.807) is 32.9 Å². The van der Waals surface area contributed by atoms with Gasteiger partial charge in [-0.3, -0.25) is 0 Å². The summed E-state index contributed by atoms with van der Waals surface area (Å²) in [4.78, 5) is 23.6. The average Bonchev–Trinajstić information content (AvgIpc) is 2.38. The maximum Gasteiger partial charge on any atom is 0.347 e. The molecule has 0 amide bonds. The zero-order valence-electron chi connectivity index (χ0n) is 11.4. The van der Waals surface area contributed by atoms with E-state index in [9.17, 15) is 9.59 Å². The van der Waals surface area contributed by atoms with Crippen molar-refractivity contribution in [3.63, 3.8) is 0 Å². The van der Waals surface area contributed by atoms with Gasteiger partial charge in [-0.05, 0) is 38.0 Å². The minimum Gasteiger partial charge on any atom is -0.463 e. The lowest BCUT2D eigenvalue weighted by Gasteiger charge is -2.15. The molecule has 0 aliphatic heterocycles. The van der Waals surface area contributed by atoms with Crippen LogP contribution in [-0.2, 0) is 14.3 Å². The highest BCUT2D eigenvalue weighted by Gasteiger charge is 2.23. The number of carbonyl (C=O) groups is 2. The van der Waals surface area contributed by atoms with Crippen LogP contribution in [0.5, 0.6) is 0 Å². The first-order chi connectivity index (χ1) is 8.99. The number of benzene rings is 1. The number of carbonyl (C=O) groups excluding carboxylic acids is 2. The van der Waals surface area contributed by atoms with Crippen molar-refractivity contribution in [2.24, 2.45) is 0 Å². The third-order valence-electron chi connectivity index (χ3n) is 2.65. The lowest BCUT2D eigenvalue weighted by molar-refractivity contribution is -0.153. The second kappa shape index (κ2) is 6.78. The van der Waals surface area contributed by atoms with Gasteiger partial charge in [0.05, 0.1) is 12.2 Å². The summed E-state index contributed by atoms with van der Waals surface area (Å²) >= 11 is 0. The summed E-state index contributed by atoms with van der Waals surface area (Å²) in [6.07, 6.45) is -0.514. The van der Waals surface area contributed by atoms with Gasteiger partial charge in [0.15, 0.2) is 6.10 Å². The lowest BCUT2D eigenvalue weighted by Crippen LogP contribution is -2.28. The standard InChI is InChI=1S/C14H19NO4/c1-4-12(14(17)18-5-2)19-13(16)11-8-10(15)7-6-9(11)3/h6-8,12H,4-5,15H2,1-3H3. The SMILES string of the molecule is CCOC(=O)C(CC)OC(=O)c1cc(N)ccc1C. The Morgan fingerprint density at radius 2 is 2.00 bits per heavy atom. The zero-order chi connectivity index (χ0) is 14.4. The van der Waals surface area contributed by atoms with E-state index in [4.69, 9.17) is 15.2 Å². The van der Waals surface area contributed by atoms with E-state index >= 15 is 0 Å². The van der Waals surface area contributed by atoms with Crippen LogP contribution in [0.3, 0.4) is 0 Å². The molecule has 0 aromatic heterocycles. The van der Waals surface area contributed by atoms with Gasteiger partial charge in [-0.15, -0.1) is 0 Å². The van der Waals surface area contributed by atoms with E-state index < -0.39 is 18.0 Å². The Hall–Kier alpha value is -2.04. The highest BCUT2D eigenvalue weighted by Crippen LogP contribution is 2.15. The fourth-order valence-corrected chi connectivity index (χ4v) is 1.59. The molecule has 0 aliphatic carbocycles. The number of esters is 2. The van der Waals surface area contributed by atoms with Gasteiger partial charge in [-0.25, -0.2) is 9.59 Å². The van der Waals surface area contributed by atoms with Crippen molar-refractivity contribution in [3.05, 3.63) is 29.3 Å². The van der Waals surface area contributed by atoms with E-state index in [2.05, 4.69) is 0 Å². The molecule has 0 heterocycles. The number of aryl methyl sites for hydroxylation is 1. The van der Waals surface area contributed by atoms with Crippen LogP contribution >= 0.6 is 0 Å². The molecule has 5 heteroatoms. The van der Waals surface area contributed by atoms with Gasteiger partial charge in [0, 0.05) is 5.69 Å². The van der Waals surface area contributed by atoms with Crippen molar-refractivity contribution in [1.29, 1.82) is 0 Å². The van der Waals surface area contributed by atoms with E-state index in [1.807, 2.05) is 0 Å². The second-order valence-electron chi connectivity index (χ2n) is 4.13. The van der Waals surface area contributed by atoms with Crippen LogP contribution in [-0.4, -0.2) is 24.6 Å². The quantitative estimate of drug-likeness (QED) is 0.651. The number of hydrogen-bond donors (Lipinski definition) is 1. The molecule has 1 aromatic carbocycles. The van der Waals surface area contributed by atoms with Crippen molar-refractivity contribution in [3.8, 4) is 0 Å². The van der Waals surface area contributed by atoms with E-state index in [0.29, 0.717) is 17.7 Å². The van der Waals surface area contributed by atoms with Crippen LogP contribution in [0, 0.1) is 6.92 Å². The summed E-state index contributed by atoms with van der Waals surface area (Å²) in [6.45, 7) is 5.49. The van der Waals surface area contributed by atoms with Crippen molar-refractivity contribution >= 4 is 17.6 Å². The van der Waals surface area contributed by atoms with Crippen LogP contribution < -0.4 is 5.73 Å². The van der Waals surface area contributed by atoms with Crippen molar-refractivity contribution in [1.82, 2.24) is 0 Å². The van der Waals surface area contributed by atoms with Crippen molar-refractivity contribution in [2.75, 3.05) is 12.3 Å². The normalized spacial score (nSPS) is 11.7. The molecule has 19 heavy (non-hydrogen) atoms. The molecule has 0 radical (unpaired) electrons. The van der Waals surface area contributed by atoms with Gasteiger partial charge in [-0.1, -0.05) is 13.0 Å². The van der Waals surface area contributed by atoms with Gasteiger partial charge in [0.1, 0.15) is 0 Å². The summed E-state index contributed by atoms with van der Waals surface area (Å²) in [5.74, 6) is -1.09. The number of nitrogens with two attached hydrogens (primary N) is 1. The fraction of sp³-hybridized carbons (Fsp3) is 0.429. The molecule has 1 aromatic rings. The van der Waals surface area contributed by atoms with Crippen LogP contribution in [0.15, 0.2) is 18.2 Å². The van der Waals surface area contributed by atoms with E-state index in [1.165, 1.54) is 6.07 Å². The topological polar surface area (TPSA) is 78.6 Å². The second-order valence-corrected chi connectivity index (χ2v) is 4.13. The molecule has 5 nitrogen and oxygen atoms in total. The van der Waals surface area contributed by atoms with Crippen LogP contribution in [0.25, 0.3) is 0 Å². The minimum absolute atomic E-state index is 0.254. The molecular weight excluding hydrogens is 246 g/mol. The maximum absolute atomic E-state index is 12.0. The number of hydrogen-bond acceptors (Lipinski definition) is 5. The van der Waals surface area contributed by atoms with Crippen LogP contribution in [0.2, 0.25) is 0 Å². The predicted molar refractivity (Wildman–Crippen MR) is 71.7 cm³/mol. The Bertz CT molecular complexity index is 471. The lowest BCUT2D eigenvalue weighted by atomic mass is 10.1. The average molecular weight is 265 g/mol. The summed E-state index contributed by atoms with van der Waals surface area (Å²) in [6, 6.07) is 4.97. The Labute approximate surface area is 112 Å². The first kappa shape index (κ1) is 15.0. The molecule has 1 unspecified atom stereocenters. The number of ether oxygens (including phenoxy) is 2. The molecule has 0 saturated heterocycles. The summed E-state index contributed by atoms with van der Waals surface area (Å²) < 4.78 is 10.0. The molecule has 0 aliphatic rings. The molecule has 0 fully saturated rings. The molecule has 0 spiro atoms. The van der Waals surface area contributed by atoms with Crippen molar-refractivity contribution in [2.45, 2.75) is 33.3 Å². The smallest absolute Gasteiger partial charge is 0.347 e. The molecule has 0 saturated carbocycles. The van der Waals surface area contributed by atoms with Gasteiger partial charge in [-0.2, -0.15) is 0 Å². The number of anilines is 1. The number of rotatable bonds is 5. The Morgan fingerprint density at radius 1 is 1.32 bits per heavy atom. The van der Waals surface area contributed by atoms with E-state index in [-0.39, 0.29) is 6.61 Å². The Kier molecular flexibility index (Phi) is 5.36. The third-order valence-corrected chi connectivity index (χ3v) is 2.65. The zero-order valence-corrected chi connectivity index (χ0v) is 11.4. The largest absolute Gasteiger partial charge is 0.463 e. The van der Waals surface area contributed by atoms with Gasteiger partial charge < -0.3 is 15.2 Å². The van der Waals surface area contributed by atoms with E-state index in [0.717, 1.165) is 5.56 Å². The number of nitrogen functional groups attached to an aromatic ring is 1. The van der Waals surface area contributed by atoms with Gasteiger partial charge in [0.25, 0.3) is 0 Å². The van der Waals surface area contributed by atoms with Gasteiger partial charge in [0.2, 0.25) is 0 Å². The summed E-state index contributed by atoms with van der Waals surface area (Å²) in [5, 5.41) is 0. The molecule has 104 valence electrons. The molecule has 1 rings (SSSR count). The monoisotopic (exact) mass is 265 g/mol. The maximum atomic E-state index is 12.0. The van der Waals surface area contributed by atoms with Crippen LogP contribution in [0.1, 0.15) is 36.2 Å². The highest BCUT2D eigenvalue weighted by atomic mass is 16.6. The first-order valence-corrected chi connectivity index (χ1v) is 6.23. The summed E-state index contributed by atoms with van der Waals surface area (Å²) in [5.41, 5.74) is 7.22. The highest BCUT2D eigenvalue weighted by molar-refractivity contribution is 5.93. The Balaban J connectivity index is 2.82. The Morgan fingerprint density at radius 3 is 2.58 bits per heavy atom. The molecular formula is C14H19NO4. The third kappa shape index (κ3) is 3.98. The molecule has 1 atom stereocenters. The summed E-state index contributed by atoms with van der Waals surface area (Å²) in [7, 11) is 0. The predicted octanol–water partition coefficient (Wildman–Crippen LogP) is 2.08. The minimum atomic E-state index is -0.881. The van der Waals surface area contributed by atoms with Crippen LogP contribution in [0.4, 0.5) is 5.69 Å². The van der Waals surface area contributed by atoms with Gasteiger partial charge >= 0.3 is 11.9 Å².